The topological polar surface area (TPSA) is 35.0 Å². The molecule has 104 valence electrons. The standard InChI is InChI=1S/C15H14ClIN2O/c1-15(8-5-9-20-15)14-18-12(11(17)13(16)19-14)10-6-3-2-4-7-10/h2-4,6-7H,5,8-9H2,1H3. The third-order valence-corrected chi connectivity index (χ3v) is 5.16. The lowest BCUT2D eigenvalue weighted by Crippen LogP contribution is -2.24. The van der Waals surface area contributed by atoms with E-state index in [1.165, 1.54) is 0 Å². The van der Waals surface area contributed by atoms with Gasteiger partial charge >= 0.3 is 0 Å². The summed E-state index contributed by atoms with van der Waals surface area (Å²) in [6, 6.07) is 10.0. The summed E-state index contributed by atoms with van der Waals surface area (Å²) in [5, 5.41) is 0.492. The Morgan fingerprint density at radius 2 is 2.00 bits per heavy atom. The van der Waals surface area contributed by atoms with E-state index in [4.69, 9.17) is 21.3 Å². The number of hydrogen-bond donors (Lipinski definition) is 0. The molecule has 1 aliphatic rings. The van der Waals surface area contributed by atoms with Crippen LogP contribution in [0.4, 0.5) is 0 Å². The molecule has 3 nitrogen and oxygen atoms in total. The van der Waals surface area contributed by atoms with Crippen molar-refractivity contribution in [3.05, 3.63) is 44.9 Å². The largest absolute Gasteiger partial charge is 0.367 e. The van der Waals surface area contributed by atoms with Crippen molar-refractivity contribution >= 4 is 34.2 Å². The third-order valence-electron chi connectivity index (χ3n) is 3.55. The molecular formula is C15H14ClIN2O. The first-order valence-electron chi connectivity index (χ1n) is 6.53. The maximum absolute atomic E-state index is 6.30. The molecular weight excluding hydrogens is 387 g/mol. The maximum atomic E-state index is 6.30. The first-order chi connectivity index (χ1) is 9.60. The highest BCUT2D eigenvalue weighted by molar-refractivity contribution is 14.1. The number of aromatic nitrogens is 2. The molecule has 1 saturated heterocycles. The van der Waals surface area contributed by atoms with E-state index in [1.54, 1.807) is 0 Å². The molecule has 1 aliphatic heterocycles. The fraction of sp³-hybridized carbons (Fsp3) is 0.333. The van der Waals surface area contributed by atoms with E-state index in [0.717, 1.165) is 34.3 Å². The number of halogens is 2. The summed E-state index contributed by atoms with van der Waals surface area (Å²) >= 11 is 8.49. The van der Waals surface area contributed by atoms with Crippen LogP contribution in [0.1, 0.15) is 25.6 Å². The van der Waals surface area contributed by atoms with Gasteiger partial charge in [-0.15, -0.1) is 0 Å². The van der Waals surface area contributed by atoms with E-state index in [1.807, 2.05) is 37.3 Å². The molecule has 1 atom stereocenters. The fourth-order valence-electron chi connectivity index (χ4n) is 2.40. The summed E-state index contributed by atoms with van der Waals surface area (Å²) in [5.74, 6) is 0.680. The Morgan fingerprint density at radius 1 is 1.25 bits per heavy atom. The molecule has 0 amide bonds. The smallest absolute Gasteiger partial charge is 0.162 e. The van der Waals surface area contributed by atoms with Crippen molar-refractivity contribution < 1.29 is 4.74 Å². The minimum atomic E-state index is -0.419. The summed E-state index contributed by atoms with van der Waals surface area (Å²) in [6.07, 6.45) is 1.96. The van der Waals surface area contributed by atoms with E-state index in [0.29, 0.717) is 11.0 Å². The first-order valence-corrected chi connectivity index (χ1v) is 7.99. The second kappa shape index (κ2) is 5.58. The molecule has 2 aromatic rings. The molecule has 0 aliphatic carbocycles. The van der Waals surface area contributed by atoms with E-state index in [9.17, 15) is 0 Å². The maximum Gasteiger partial charge on any atom is 0.162 e. The second-order valence-electron chi connectivity index (χ2n) is 5.05. The van der Waals surface area contributed by atoms with Gasteiger partial charge in [-0.1, -0.05) is 41.9 Å². The molecule has 20 heavy (non-hydrogen) atoms. The molecule has 1 unspecified atom stereocenters. The highest BCUT2D eigenvalue weighted by atomic mass is 127. The van der Waals surface area contributed by atoms with Gasteiger partial charge in [-0.25, -0.2) is 9.97 Å². The molecule has 0 spiro atoms. The predicted molar refractivity (Wildman–Crippen MR) is 87.7 cm³/mol. The summed E-state index contributed by atoms with van der Waals surface area (Å²) < 4.78 is 6.70. The van der Waals surface area contributed by atoms with E-state index in [-0.39, 0.29) is 0 Å². The van der Waals surface area contributed by atoms with Gasteiger partial charge in [-0.2, -0.15) is 0 Å². The van der Waals surface area contributed by atoms with Gasteiger partial charge in [0, 0.05) is 12.2 Å². The van der Waals surface area contributed by atoms with Crippen molar-refractivity contribution in [3.63, 3.8) is 0 Å². The Labute approximate surface area is 136 Å². The second-order valence-corrected chi connectivity index (χ2v) is 6.49. The van der Waals surface area contributed by atoms with Crippen molar-refractivity contribution in [1.82, 2.24) is 9.97 Å². The molecule has 1 aromatic heterocycles. The van der Waals surface area contributed by atoms with Gasteiger partial charge in [-0.3, -0.25) is 0 Å². The van der Waals surface area contributed by atoms with Crippen molar-refractivity contribution in [3.8, 4) is 11.3 Å². The zero-order chi connectivity index (χ0) is 14.2. The quantitative estimate of drug-likeness (QED) is 0.553. The van der Waals surface area contributed by atoms with E-state index in [2.05, 4.69) is 27.6 Å². The normalized spacial score (nSPS) is 22.1. The molecule has 0 N–H and O–H groups in total. The van der Waals surface area contributed by atoms with Crippen LogP contribution < -0.4 is 0 Å². The van der Waals surface area contributed by atoms with Crippen LogP contribution in [0.15, 0.2) is 30.3 Å². The number of hydrogen-bond acceptors (Lipinski definition) is 3. The van der Waals surface area contributed by atoms with Crippen LogP contribution in [0.25, 0.3) is 11.3 Å². The Hall–Kier alpha value is -0.720. The number of nitrogens with zero attached hydrogens (tertiary/aromatic N) is 2. The van der Waals surface area contributed by atoms with Gasteiger partial charge in [0.1, 0.15) is 10.8 Å². The van der Waals surface area contributed by atoms with Crippen LogP contribution in [0.3, 0.4) is 0 Å². The molecule has 0 radical (unpaired) electrons. The lowest BCUT2D eigenvalue weighted by Gasteiger charge is -2.22. The molecule has 1 fully saturated rings. The van der Waals surface area contributed by atoms with Gasteiger partial charge in [0.05, 0.1) is 9.26 Å². The molecule has 0 saturated carbocycles. The van der Waals surface area contributed by atoms with Crippen molar-refractivity contribution in [1.29, 1.82) is 0 Å². The molecule has 2 heterocycles. The molecule has 3 rings (SSSR count). The Balaban J connectivity index is 2.13. The SMILES string of the molecule is CC1(c2nc(Cl)c(I)c(-c3ccccc3)n2)CCCO1. The van der Waals surface area contributed by atoms with Gasteiger partial charge in [0.2, 0.25) is 0 Å². The number of benzene rings is 1. The van der Waals surface area contributed by atoms with Gasteiger partial charge in [0.25, 0.3) is 0 Å². The summed E-state index contributed by atoms with van der Waals surface area (Å²) in [7, 11) is 0. The fourth-order valence-corrected chi connectivity index (χ4v) is 3.12. The Kier molecular flexibility index (Phi) is 3.97. The predicted octanol–water partition coefficient (Wildman–Crippen LogP) is 4.43. The lowest BCUT2D eigenvalue weighted by atomic mass is 10.0. The Morgan fingerprint density at radius 3 is 2.65 bits per heavy atom. The van der Waals surface area contributed by atoms with Gasteiger partial charge in [0.15, 0.2) is 5.82 Å². The highest BCUT2D eigenvalue weighted by Gasteiger charge is 2.35. The minimum Gasteiger partial charge on any atom is -0.367 e. The van der Waals surface area contributed by atoms with Crippen LogP contribution in [-0.4, -0.2) is 16.6 Å². The minimum absolute atomic E-state index is 0.419. The van der Waals surface area contributed by atoms with Gasteiger partial charge < -0.3 is 4.74 Å². The van der Waals surface area contributed by atoms with E-state index < -0.39 is 5.60 Å². The van der Waals surface area contributed by atoms with Crippen LogP contribution in [-0.2, 0) is 10.3 Å². The zero-order valence-electron chi connectivity index (χ0n) is 11.1. The van der Waals surface area contributed by atoms with Crippen LogP contribution in [0, 0.1) is 3.57 Å². The van der Waals surface area contributed by atoms with Crippen molar-refractivity contribution in [2.24, 2.45) is 0 Å². The van der Waals surface area contributed by atoms with Crippen LogP contribution in [0.5, 0.6) is 0 Å². The zero-order valence-corrected chi connectivity index (χ0v) is 14.0. The highest BCUT2D eigenvalue weighted by Crippen LogP contribution is 2.36. The summed E-state index contributed by atoms with van der Waals surface area (Å²) in [5.41, 5.74) is 1.50. The molecule has 5 heteroatoms. The molecule has 0 bridgehead atoms. The number of rotatable bonds is 2. The monoisotopic (exact) mass is 400 g/mol. The number of ether oxygens (including phenoxy) is 1. The average Bonchev–Trinajstić information content (AvgIpc) is 2.91. The van der Waals surface area contributed by atoms with Crippen LogP contribution in [0.2, 0.25) is 5.15 Å². The van der Waals surface area contributed by atoms with Crippen molar-refractivity contribution in [2.75, 3.05) is 6.61 Å². The van der Waals surface area contributed by atoms with Crippen molar-refractivity contribution in [2.45, 2.75) is 25.4 Å². The first kappa shape index (κ1) is 14.2. The average molecular weight is 401 g/mol. The lowest BCUT2D eigenvalue weighted by molar-refractivity contribution is 0.00940. The third kappa shape index (κ3) is 2.56. The van der Waals surface area contributed by atoms with Crippen LogP contribution >= 0.6 is 34.2 Å². The van der Waals surface area contributed by atoms with Gasteiger partial charge in [-0.05, 0) is 42.4 Å². The van der Waals surface area contributed by atoms with E-state index >= 15 is 0 Å². The summed E-state index contributed by atoms with van der Waals surface area (Å²) in [6.45, 7) is 2.79. The molecule has 1 aromatic carbocycles. The summed E-state index contributed by atoms with van der Waals surface area (Å²) in [4.78, 5) is 9.16. The Bertz CT molecular complexity index is 627.